The molecule has 0 atom stereocenters. The molecule has 0 bridgehead atoms. The molecular weight excluding hydrogens is 204 g/mol. The minimum Gasteiger partial charge on any atom is -0.211 e. The van der Waals surface area contributed by atoms with E-state index in [0.717, 1.165) is 25.7 Å². The third-order valence-corrected chi connectivity index (χ3v) is 2.13. The topological polar surface area (TPSA) is 58.9 Å². The number of rotatable bonds is 10. The van der Waals surface area contributed by atoms with Gasteiger partial charge in [0.05, 0.1) is 13.1 Å². The Bertz CT molecular complexity index is 275. The van der Waals surface area contributed by atoms with Crippen molar-refractivity contribution < 1.29 is 9.59 Å². The first-order valence-electron chi connectivity index (χ1n) is 5.64. The lowest BCUT2D eigenvalue weighted by molar-refractivity contribution is 0.560. The maximum Gasteiger partial charge on any atom is 0.235 e. The number of hydrogen-bond donors (Lipinski definition) is 0. The molecule has 4 nitrogen and oxygen atoms in total. The minimum absolute atomic E-state index is 0.438. The lowest BCUT2D eigenvalue weighted by atomic mass is 10.1. The number of carbonyl (C=O) groups excluding carboxylic acids is 2. The maximum atomic E-state index is 9.76. The van der Waals surface area contributed by atoms with E-state index in [2.05, 4.69) is 9.98 Å². The molecule has 0 radical (unpaired) electrons. The van der Waals surface area contributed by atoms with Crippen molar-refractivity contribution in [2.75, 3.05) is 13.1 Å². The zero-order valence-electron chi connectivity index (χ0n) is 9.52. The second-order valence-corrected chi connectivity index (χ2v) is 3.43. The number of hydrogen-bond acceptors (Lipinski definition) is 4. The summed E-state index contributed by atoms with van der Waals surface area (Å²) in [4.78, 5) is 26.4. The molecule has 0 aromatic rings. The Hall–Kier alpha value is -1.50. The first-order chi connectivity index (χ1) is 7.91. The van der Waals surface area contributed by atoms with Gasteiger partial charge in [0.15, 0.2) is 0 Å². The predicted molar refractivity (Wildman–Crippen MR) is 62.8 cm³/mol. The molecule has 0 aliphatic rings. The average Bonchev–Trinajstić information content (AvgIpc) is 2.31. The van der Waals surface area contributed by atoms with Gasteiger partial charge < -0.3 is 0 Å². The Morgan fingerprint density at radius 2 is 1.50 bits per heavy atom. The van der Waals surface area contributed by atoms with Gasteiger partial charge in [-0.2, -0.15) is 0 Å². The smallest absolute Gasteiger partial charge is 0.211 e. The van der Waals surface area contributed by atoms with Crippen LogP contribution >= 0.6 is 0 Å². The highest BCUT2D eigenvalue weighted by Crippen LogP contribution is 2.05. The van der Waals surface area contributed by atoms with E-state index >= 15 is 0 Å². The number of nitrogens with zero attached hydrogens (tertiary/aromatic N) is 2. The molecular formula is C12H18N2O2. The SMILES string of the molecule is O=C=NCC=CCCCCCCCN=C=O. The fourth-order valence-corrected chi connectivity index (χ4v) is 1.31. The quantitative estimate of drug-likeness (QED) is 0.247. The normalized spacial score (nSPS) is 9.75. The molecule has 0 aromatic carbocycles. The van der Waals surface area contributed by atoms with Crippen LogP contribution in [0.5, 0.6) is 0 Å². The standard InChI is InChI=1S/C12H18N2O2/c15-11-13-9-7-5-3-1-2-4-6-8-10-14-12-16/h5,7H,1-4,6,8-10H2. The highest BCUT2D eigenvalue weighted by Gasteiger charge is 1.89. The fraction of sp³-hybridized carbons (Fsp3) is 0.667. The zero-order valence-corrected chi connectivity index (χ0v) is 9.52. The van der Waals surface area contributed by atoms with Gasteiger partial charge in [-0.15, -0.1) is 0 Å². The molecule has 0 amide bonds. The summed E-state index contributed by atoms with van der Waals surface area (Å²) in [6, 6.07) is 0. The molecule has 16 heavy (non-hydrogen) atoms. The molecule has 0 unspecified atom stereocenters. The van der Waals surface area contributed by atoms with Crippen LogP contribution in [0.25, 0.3) is 0 Å². The van der Waals surface area contributed by atoms with Gasteiger partial charge in [-0.1, -0.05) is 31.4 Å². The summed E-state index contributed by atoms with van der Waals surface area (Å²) in [6.07, 6.45) is 13.6. The van der Waals surface area contributed by atoms with Crippen molar-refractivity contribution in [1.29, 1.82) is 0 Å². The second kappa shape index (κ2) is 13.5. The third-order valence-electron chi connectivity index (χ3n) is 2.13. The molecule has 0 saturated heterocycles. The van der Waals surface area contributed by atoms with Crippen LogP contribution < -0.4 is 0 Å². The Kier molecular flexibility index (Phi) is 12.2. The zero-order chi connectivity index (χ0) is 11.9. The van der Waals surface area contributed by atoms with Gasteiger partial charge in [-0.3, -0.25) is 0 Å². The molecule has 0 aromatic heterocycles. The molecule has 0 N–H and O–H groups in total. The highest BCUT2D eigenvalue weighted by molar-refractivity contribution is 5.33. The predicted octanol–water partition coefficient (Wildman–Crippen LogP) is 2.55. The van der Waals surface area contributed by atoms with Gasteiger partial charge in [0.2, 0.25) is 12.2 Å². The third kappa shape index (κ3) is 12.5. The van der Waals surface area contributed by atoms with Crippen LogP contribution in [0.2, 0.25) is 0 Å². The lowest BCUT2D eigenvalue weighted by Gasteiger charge is -1.97. The Morgan fingerprint density at radius 3 is 2.25 bits per heavy atom. The molecule has 88 valence electrons. The van der Waals surface area contributed by atoms with E-state index in [1.165, 1.54) is 25.0 Å². The molecule has 0 aliphatic carbocycles. The number of allylic oxidation sites excluding steroid dienone is 1. The van der Waals surface area contributed by atoms with Gasteiger partial charge >= 0.3 is 0 Å². The summed E-state index contributed by atoms with van der Waals surface area (Å²) >= 11 is 0. The summed E-state index contributed by atoms with van der Waals surface area (Å²) in [6.45, 7) is 1.04. The summed E-state index contributed by atoms with van der Waals surface area (Å²) in [7, 11) is 0. The number of isocyanates is 2. The molecule has 0 spiro atoms. The van der Waals surface area contributed by atoms with Crippen LogP contribution in [0, 0.1) is 0 Å². The van der Waals surface area contributed by atoms with E-state index in [9.17, 15) is 9.59 Å². The maximum absolute atomic E-state index is 9.76. The molecule has 0 saturated carbocycles. The van der Waals surface area contributed by atoms with Gasteiger partial charge in [-0.25, -0.2) is 19.6 Å². The summed E-state index contributed by atoms with van der Waals surface area (Å²) in [5, 5.41) is 0. The van der Waals surface area contributed by atoms with E-state index in [0.29, 0.717) is 13.1 Å². The fourth-order valence-electron chi connectivity index (χ4n) is 1.31. The second-order valence-electron chi connectivity index (χ2n) is 3.43. The van der Waals surface area contributed by atoms with Crippen molar-refractivity contribution in [3.05, 3.63) is 12.2 Å². The van der Waals surface area contributed by atoms with E-state index in [-0.39, 0.29) is 0 Å². The Labute approximate surface area is 96.2 Å². The first kappa shape index (κ1) is 14.5. The van der Waals surface area contributed by atoms with Crippen molar-refractivity contribution in [1.82, 2.24) is 0 Å². The average molecular weight is 222 g/mol. The van der Waals surface area contributed by atoms with Gasteiger partial charge in [0.25, 0.3) is 0 Å². The van der Waals surface area contributed by atoms with Crippen molar-refractivity contribution in [3.63, 3.8) is 0 Å². The van der Waals surface area contributed by atoms with Crippen LogP contribution in [0.15, 0.2) is 22.1 Å². The molecule has 0 fully saturated rings. The lowest BCUT2D eigenvalue weighted by Crippen LogP contribution is -1.82. The van der Waals surface area contributed by atoms with Gasteiger partial charge in [-0.05, 0) is 19.3 Å². The summed E-state index contributed by atoms with van der Waals surface area (Å²) < 4.78 is 0. The molecule has 0 aliphatic heterocycles. The molecule has 4 heteroatoms. The monoisotopic (exact) mass is 222 g/mol. The van der Waals surface area contributed by atoms with E-state index in [1.54, 1.807) is 0 Å². The number of unbranched alkanes of at least 4 members (excludes halogenated alkanes) is 5. The van der Waals surface area contributed by atoms with Crippen LogP contribution in [0.1, 0.15) is 38.5 Å². The first-order valence-corrected chi connectivity index (χ1v) is 5.64. The van der Waals surface area contributed by atoms with Crippen LogP contribution in [0.4, 0.5) is 0 Å². The van der Waals surface area contributed by atoms with Gasteiger partial charge in [0, 0.05) is 0 Å². The van der Waals surface area contributed by atoms with E-state index in [1.807, 2.05) is 12.2 Å². The largest absolute Gasteiger partial charge is 0.235 e. The summed E-state index contributed by atoms with van der Waals surface area (Å²) in [5.41, 5.74) is 0. The van der Waals surface area contributed by atoms with Crippen molar-refractivity contribution in [2.45, 2.75) is 38.5 Å². The number of aliphatic imine (C=N–C) groups is 2. The molecule has 0 heterocycles. The summed E-state index contributed by atoms with van der Waals surface area (Å²) in [5.74, 6) is 0. The molecule has 0 rings (SSSR count). The van der Waals surface area contributed by atoms with Gasteiger partial charge in [0.1, 0.15) is 0 Å². The van der Waals surface area contributed by atoms with E-state index in [4.69, 9.17) is 0 Å². The van der Waals surface area contributed by atoms with Crippen LogP contribution in [-0.4, -0.2) is 25.2 Å². The van der Waals surface area contributed by atoms with Crippen LogP contribution in [0.3, 0.4) is 0 Å². The van der Waals surface area contributed by atoms with Crippen molar-refractivity contribution in [3.8, 4) is 0 Å². The Morgan fingerprint density at radius 1 is 0.812 bits per heavy atom. The minimum atomic E-state index is 0.438. The van der Waals surface area contributed by atoms with Crippen molar-refractivity contribution in [2.24, 2.45) is 9.98 Å². The Balaban J connectivity index is 3.11. The van der Waals surface area contributed by atoms with E-state index < -0.39 is 0 Å². The van der Waals surface area contributed by atoms with Crippen molar-refractivity contribution >= 4 is 12.2 Å². The van der Waals surface area contributed by atoms with Crippen LogP contribution in [-0.2, 0) is 9.59 Å². The highest BCUT2D eigenvalue weighted by atomic mass is 16.1.